The first-order chi connectivity index (χ1) is 9.40. The zero-order valence-electron chi connectivity index (χ0n) is 11.5. The Balaban J connectivity index is 2.23. The van der Waals surface area contributed by atoms with Gasteiger partial charge in [-0.3, -0.25) is 0 Å². The van der Waals surface area contributed by atoms with Gasteiger partial charge in [0, 0.05) is 12.6 Å². The van der Waals surface area contributed by atoms with Crippen molar-refractivity contribution >= 4 is 10.0 Å². The van der Waals surface area contributed by atoms with Gasteiger partial charge in [-0.25, -0.2) is 13.1 Å². The van der Waals surface area contributed by atoms with E-state index in [4.69, 9.17) is 9.47 Å². The lowest BCUT2D eigenvalue weighted by atomic mass is 9.81. The second kappa shape index (κ2) is 5.59. The van der Waals surface area contributed by atoms with Crippen molar-refractivity contribution in [3.63, 3.8) is 0 Å². The minimum atomic E-state index is -3.76. The Labute approximate surface area is 118 Å². The highest BCUT2D eigenvalue weighted by molar-refractivity contribution is 7.89. The molecule has 0 spiro atoms. The number of methoxy groups -OCH3 is 2. The molecule has 1 aromatic rings. The Kier molecular flexibility index (Phi) is 4.22. The van der Waals surface area contributed by atoms with Crippen LogP contribution in [-0.4, -0.2) is 39.9 Å². The quantitative estimate of drug-likeness (QED) is 0.815. The highest BCUT2D eigenvalue weighted by Crippen LogP contribution is 2.32. The Morgan fingerprint density at radius 3 is 2.50 bits per heavy atom. The molecule has 2 rings (SSSR count). The van der Waals surface area contributed by atoms with Crippen molar-refractivity contribution in [2.24, 2.45) is 0 Å². The van der Waals surface area contributed by atoms with Gasteiger partial charge in [-0.15, -0.1) is 0 Å². The predicted octanol–water partition coefficient (Wildman–Crippen LogP) is 0.897. The number of rotatable bonds is 6. The number of hydrogen-bond donors (Lipinski definition) is 2. The third-order valence-corrected chi connectivity index (χ3v) is 4.96. The van der Waals surface area contributed by atoms with Crippen LogP contribution in [0.25, 0.3) is 0 Å². The van der Waals surface area contributed by atoms with E-state index in [0.717, 1.165) is 6.42 Å². The van der Waals surface area contributed by atoms with E-state index in [1.807, 2.05) is 0 Å². The number of ether oxygens (including phenoxy) is 2. The molecule has 20 heavy (non-hydrogen) atoms. The molecule has 0 unspecified atom stereocenters. The van der Waals surface area contributed by atoms with Gasteiger partial charge in [-0.2, -0.15) is 0 Å². The molecule has 1 aliphatic rings. The van der Waals surface area contributed by atoms with Crippen LogP contribution in [0.4, 0.5) is 0 Å². The molecule has 0 radical (unpaired) electrons. The molecular weight excluding hydrogens is 282 g/mol. The first-order valence-electron chi connectivity index (χ1n) is 6.34. The summed E-state index contributed by atoms with van der Waals surface area (Å²) in [7, 11) is -0.896. The maximum absolute atomic E-state index is 12.3. The third-order valence-electron chi connectivity index (χ3n) is 3.54. The summed E-state index contributed by atoms with van der Waals surface area (Å²) in [5.74, 6) is 0.660. The van der Waals surface area contributed by atoms with Crippen LogP contribution in [0.1, 0.15) is 19.3 Å². The van der Waals surface area contributed by atoms with Crippen molar-refractivity contribution < 1.29 is 23.0 Å². The van der Waals surface area contributed by atoms with Crippen molar-refractivity contribution in [3.05, 3.63) is 18.2 Å². The van der Waals surface area contributed by atoms with Gasteiger partial charge in [-0.1, -0.05) is 0 Å². The van der Waals surface area contributed by atoms with Crippen LogP contribution >= 0.6 is 0 Å². The molecule has 7 heteroatoms. The van der Waals surface area contributed by atoms with Crippen molar-refractivity contribution in [3.8, 4) is 11.5 Å². The zero-order chi connectivity index (χ0) is 14.8. The number of hydrogen-bond acceptors (Lipinski definition) is 5. The van der Waals surface area contributed by atoms with Gasteiger partial charge in [0.1, 0.15) is 16.4 Å². The summed E-state index contributed by atoms with van der Waals surface area (Å²) in [5, 5.41) is 9.96. The molecule has 1 aromatic carbocycles. The highest BCUT2D eigenvalue weighted by atomic mass is 32.2. The van der Waals surface area contributed by atoms with Crippen molar-refractivity contribution in [1.82, 2.24) is 4.72 Å². The molecule has 0 bridgehead atoms. The second-order valence-corrected chi connectivity index (χ2v) is 6.65. The summed E-state index contributed by atoms with van der Waals surface area (Å²) < 4.78 is 37.1. The monoisotopic (exact) mass is 301 g/mol. The molecular formula is C13H19NO5S. The van der Waals surface area contributed by atoms with E-state index in [0.29, 0.717) is 18.6 Å². The SMILES string of the molecule is COc1ccc(OC)c(S(=O)(=O)NCC2(O)CCC2)c1. The first kappa shape index (κ1) is 15.1. The van der Waals surface area contributed by atoms with Crippen molar-refractivity contribution in [1.29, 1.82) is 0 Å². The molecule has 1 saturated carbocycles. The van der Waals surface area contributed by atoms with Crippen LogP contribution in [0.5, 0.6) is 11.5 Å². The van der Waals surface area contributed by atoms with Crippen molar-refractivity contribution in [2.75, 3.05) is 20.8 Å². The average molecular weight is 301 g/mol. The van der Waals surface area contributed by atoms with Gasteiger partial charge in [0.05, 0.1) is 19.8 Å². The van der Waals surface area contributed by atoms with E-state index in [2.05, 4.69) is 4.72 Å². The predicted molar refractivity (Wildman–Crippen MR) is 73.5 cm³/mol. The standard InChI is InChI=1S/C13H19NO5S/c1-18-10-4-5-11(19-2)12(8-10)20(16,17)14-9-13(15)6-3-7-13/h4-5,8,14-15H,3,6-7,9H2,1-2H3. The highest BCUT2D eigenvalue weighted by Gasteiger charge is 2.36. The Bertz CT molecular complexity index is 580. The van der Waals surface area contributed by atoms with Crippen LogP contribution in [0.2, 0.25) is 0 Å². The molecule has 0 heterocycles. The molecule has 2 N–H and O–H groups in total. The smallest absolute Gasteiger partial charge is 0.244 e. The number of sulfonamides is 1. The fourth-order valence-corrected chi connectivity index (χ4v) is 3.36. The fourth-order valence-electron chi connectivity index (χ4n) is 2.06. The van der Waals surface area contributed by atoms with Crippen molar-refractivity contribution in [2.45, 2.75) is 29.8 Å². The van der Waals surface area contributed by atoms with Gasteiger partial charge in [-0.05, 0) is 31.4 Å². The van der Waals surface area contributed by atoms with E-state index in [9.17, 15) is 13.5 Å². The van der Waals surface area contributed by atoms with Gasteiger partial charge in [0.15, 0.2) is 0 Å². The van der Waals surface area contributed by atoms with Gasteiger partial charge < -0.3 is 14.6 Å². The summed E-state index contributed by atoms with van der Waals surface area (Å²) in [6.45, 7) is 0.00962. The van der Waals surface area contributed by atoms with Crippen LogP contribution in [0.15, 0.2) is 23.1 Å². The van der Waals surface area contributed by atoms with Gasteiger partial charge >= 0.3 is 0 Å². The fraction of sp³-hybridized carbons (Fsp3) is 0.538. The molecule has 0 amide bonds. The average Bonchev–Trinajstić information content (AvgIpc) is 2.42. The lowest BCUT2D eigenvalue weighted by Crippen LogP contribution is -2.47. The third kappa shape index (κ3) is 3.05. The summed E-state index contributed by atoms with van der Waals surface area (Å²) in [6, 6.07) is 4.55. The van der Waals surface area contributed by atoms with E-state index < -0.39 is 15.6 Å². The zero-order valence-corrected chi connectivity index (χ0v) is 12.4. The van der Waals surface area contributed by atoms with E-state index >= 15 is 0 Å². The topological polar surface area (TPSA) is 84.9 Å². The second-order valence-electron chi connectivity index (χ2n) is 4.92. The molecule has 0 aromatic heterocycles. The van der Waals surface area contributed by atoms with Crippen LogP contribution < -0.4 is 14.2 Å². The number of benzene rings is 1. The molecule has 6 nitrogen and oxygen atoms in total. The summed E-state index contributed by atoms with van der Waals surface area (Å²) in [4.78, 5) is 0.00211. The summed E-state index contributed by atoms with van der Waals surface area (Å²) in [6.07, 6.45) is 2.15. The van der Waals surface area contributed by atoms with Crippen LogP contribution in [0, 0.1) is 0 Å². The summed E-state index contributed by atoms with van der Waals surface area (Å²) in [5.41, 5.74) is -0.917. The first-order valence-corrected chi connectivity index (χ1v) is 7.83. The molecule has 112 valence electrons. The van der Waals surface area contributed by atoms with Gasteiger partial charge in [0.25, 0.3) is 0 Å². The summed E-state index contributed by atoms with van der Waals surface area (Å²) >= 11 is 0. The maximum Gasteiger partial charge on any atom is 0.244 e. The molecule has 1 aliphatic carbocycles. The minimum absolute atomic E-state index is 0.00211. The Hall–Kier alpha value is -1.31. The lowest BCUT2D eigenvalue weighted by Gasteiger charge is -2.36. The minimum Gasteiger partial charge on any atom is -0.497 e. The van der Waals surface area contributed by atoms with E-state index in [1.165, 1.54) is 26.4 Å². The normalized spacial score (nSPS) is 17.4. The molecule has 0 saturated heterocycles. The van der Waals surface area contributed by atoms with Crippen LogP contribution in [0.3, 0.4) is 0 Å². The lowest BCUT2D eigenvalue weighted by molar-refractivity contribution is -0.0271. The largest absolute Gasteiger partial charge is 0.497 e. The van der Waals surface area contributed by atoms with E-state index in [-0.39, 0.29) is 17.2 Å². The number of aliphatic hydroxyl groups is 1. The molecule has 0 aliphatic heterocycles. The maximum atomic E-state index is 12.3. The van der Waals surface area contributed by atoms with Gasteiger partial charge in [0.2, 0.25) is 10.0 Å². The molecule has 1 fully saturated rings. The van der Waals surface area contributed by atoms with Crippen LogP contribution in [-0.2, 0) is 10.0 Å². The molecule has 0 atom stereocenters. The Morgan fingerprint density at radius 2 is 2.00 bits per heavy atom. The number of nitrogens with one attached hydrogen (secondary N) is 1. The van der Waals surface area contributed by atoms with E-state index in [1.54, 1.807) is 6.07 Å². The Morgan fingerprint density at radius 1 is 1.30 bits per heavy atom.